The Labute approximate surface area is 130 Å². The smallest absolute Gasteiger partial charge is 0.265 e. The molecule has 7 heteroatoms. The number of carbonyl (C=O) groups is 1. The van der Waals surface area contributed by atoms with Crippen LogP contribution in [0.25, 0.3) is 0 Å². The molecule has 21 heavy (non-hydrogen) atoms. The molecule has 0 saturated carbocycles. The van der Waals surface area contributed by atoms with Crippen LogP contribution in [0.4, 0.5) is 10.7 Å². The molecule has 0 aromatic carbocycles. The monoisotopic (exact) mass is 312 g/mol. The second-order valence-electron chi connectivity index (χ2n) is 5.53. The number of likely N-dealkylation sites (N-methyl/N-ethyl adjacent to an activating group) is 1. The van der Waals surface area contributed by atoms with Crippen molar-refractivity contribution in [1.82, 2.24) is 9.80 Å². The van der Waals surface area contributed by atoms with Crippen LogP contribution in [0.3, 0.4) is 0 Å². The number of nitrogens with two attached hydrogens (primary N) is 1. The van der Waals surface area contributed by atoms with Crippen molar-refractivity contribution in [2.75, 3.05) is 65.1 Å². The van der Waals surface area contributed by atoms with Gasteiger partial charge in [0.1, 0.15) is 15.6 Å². The van der Waals surface area contributed by atoms with Crippen LogP contribution in [0.1, 0.15) is 16.1 Å². The number of carbonyl (C=O) groups excluding carboxylic acids is 1. The van der Waals surface area contributed by atoms with Crippen molar-refractivity contribution >= 4 is 27.9 Å². The second kappa shape index (κ2) is 6.53. The van der Waals surface area contributed by atoms with E-state index < -0.39 is 0 Å². The van der Waals surface area contributed by atoms with Crippen LogP contribution in [0.2, 0.25) is 0 Å². The molecule has 1 aliphatic rings. The summed E-state index contributed by atoms with van der Waals surface area (Å²) in [5.41, 5.74) is 6.58. The summed E-state index contributed by atoms with van der Waals surface area (Å²) in [5.74, 6) is 0.559. The van der Waals surface area contributed by atoms with E-state index in [0.29, 0.717) is 16.3 Å². The largest absolute Gasteiger partial charge is 0.492 e. The van der Waals surface area contributed by atoms with Crippen LogP contribution in [-0.4, -0.2) is 70.1 Å². The van der Waals surface area contributed by atoms with E-state index >= 15 is 0 Å². The first-order chi connectivity index (χ1) is 9.95. The van der Waals surface area contributed by atoms with Gasteiger partial charge in [0.15, 0.2) is 5.75 Å². The Balaban J connectivity index is 2.34. The number of hydrogen-bond donors (Lipinski definition) is 1. The van der Waals surface area contributed by atoms with Crippen LogP contribution in [0.5, 0.6) is 5.75 Å². The standard InChI is InChI=1S/C14H24N4O2S/c1-16(2)13(19)12-10(15)11(20-4)14(21-12)18-7-5-6-17(3)8-9-18/h5-9,15H2,1-4H3. The van der Waals surface area contributed by atoms with Crippen molar-refractivity contribution in [3.05, 3.63) is 4.88 Å². The summed E-state index contributed by atoms with van der Waals surface area (Å²) >= 11 is 1.43. The molecule has 0 aliphatic carbocycles. The summed E-state index contributed by atoms with van der Waals surface area (Å²) < 4.78 is 5.47. The molecule has 0 spiro atoms. The number of ether oxygens (including phenoxy) is 1. The first-order valence-corrected chi connectivity index (χ1v) is 7.88. The molecule has 2 rings (SSSR count). The lowest BCUT2D eigenvalue weighted by Crippen LogP contribution is -2.28. The molecule has 0 bridgehead atoms. The molecular formula is C14H24N4O2S. The van der Waals surface area contributed by atoms with Crippen LogP contribution in [0, 0.1) is 0 Å². The van der Waals surface area contributed by atoms with E-state index in [4.69, 9.17) is 10.5 Å². The lowest BCUT2D eigenvalue weighted by Gasteiger charge is -2.22. The number of anilines is 2. The zero-order valence-corrected chi connectivity index (χ0v) is 14.0. The minimum atomic E-state index is -0.0750. The van der Waals surface area contributed by atoms with Crippen LogP contribution in [0.15, 0.2) is 0 Å². The Morgan fingerprint density at radius 2 is 2.00 bits per heavy atom. The molecule has 0 unspecified atom stereocenters. The van der Waals surface area contributed by atoms with Crippen molar-refractivity contribution in [3.8, 4) is 5.75 Å². The van der Waals surface area contributed by atoms with Gasteiger partial charge in [-0.1, -0.05) is 0 Å². The zero-order chi connectivity index (χ0) is 15.6. The molecule has 2 heterocycles. The number of thiophene rings is 1. The topological polar surface area (TPSA) is 62.0 Å². The fourth-order valence-corrected chi connectivity index (χ4v) is 3.70. The SMILES string of the molecule is COc1c(N2CCCN(C)CC2)sc(C(=O)N(C)C)c1N. The first-order valence-electron chi connectivity index (χ1n) is 7.07. The van der Waals surface area contributed by atoms with E-state index in [0.717, 1.165) is 37.6 Å². The second-order valence-corrected chi connectivity index (χ2v) is 6.53. The Morgan fingerprint density at radius 3 is 2.62 bits per heavy atom. The van der Waals surface area contributed by atoms with Gasteiger partial charge in [0, 0.05) is 33.7 Å². The minimum absolute atomic E-state index is 0.0750. The average molecular weight is 312 g/mol. The van der Waals surface area contributed by atoms with E-state index in [9.17, 15) is 4.79 Å². The molecule has 118 valence electrons. The minimum Gasteiger partial charge on any atom is -0.492 e. The highest BCUT2D eigenvalue weighted by Gasteiger charge is 2.26. The molecule has 1 aromatic rings. The maximum atomic E-state index is 12.2. The van der Waals surface area contributed by atoms with Gasteiger partial charge in [-0.25, -0.2) is 0 Å². The van der Waals surface area contributed by atoms with Crippen LogP contribution >= 0.6 is 11.3 Å². The predicted molar refractivity (Wildman–Crippen MR) is 87.6 cm³/mol. The summed E-state index contributed by atoms with van der Waals surface area (Å²) in [6, 6.07) is 0. The summed E-state index contributed by atoms with van der Waals surface area (Å²) in [6.45, 7) is 3.96. The maximum absolute atomic E-state index is 12.2. The van der Waals surface area contributed by atoms with Gasteiger partial charge in [0.05, 0.1) is 7.11 Å². The lowest BCUT2D eigenvalue weighted by molar-refractivity contribution is 0.0833. The van der Waals surface area contributed by atoms with Crippen molar-refractivity contribution in [2.24, 2.45) is 0 Å². The van der Waals surface area contributed by atoms with E-state index in [-0.39, 0.29) is 5.91 Å². The molecule has 6 nitrogen and oxygen atoms in total. The van der Waals surface area contributed by atoms with Gasteiger partial charge in [0.25, 0.3) is 5.91 Å². The summed E-state index contributed by atoms with van der Waals surface area (Å²) in [6.07, 6.45) is 1.09. The normalized spacial score (nSPS) is 16.7. The number of nitrogens with zero attached hydrogens (tertiary/aromatic N) is 3. The van der Waals surface area contributed by atoms with E-state index in [2.05, 4.69) is 16.8 Å². The van der Waals surface area contributed by atoms with Crippen molar-refractivity contribution < 1.29 is 9.53 Å². The van der Waals surface area contributed by atoms with Gasteiger partial charge in [-0.15, -0.1) is 11.3 Å². The lowest BCUT2D eigenvalue weighted by atomic mass is 10.3. The first kappa shape index (κ1) is 15.9. The van der Waals surface area contributed by atoms with Gasteiger partial charge in [-0.2, -0.15) is 0 Å². The van der Waals surface area contributed by atoms with Gasteiger partial charge >= 0.3 is 0 Å². The molecule has 1 saturated heterocycles. The highest BCUT2D eigenvalue weighted by molar-refractivity contribution is 7.19. The van der Waals surface area contributed by atoms with E-state index in [1.807, 2.05) is 0 Å². The van der Waals surface area contributed by atoms with Gasteiger partial charge in [-0.3, -0.25) is 4.79 Å². The quantitative estimate of drug-likeness (QED) is 0.908. The Kier molecular flexibility index (Phi) is 4.95. The fourth-order valence-electron chi connectivity index (χ4n) is 2.43. The number of amides is 1. The number of methoxy groups -OCH3 is 1. The highest BCUT2D eigenvalue weighted by Crippen LogP contribution is 2.45. The number of rotatable bonds is 3. The van der Waals surface area contributed by atoms with Crippen LogP contribution < -0.4 is 15.4 Å². The Bertz CT molecular complexity index is 515. The maximum Gasteiger partial charge on any atom is 0.265 e. The molecule has 1 aliphatic heterocycles. The zero-order valence-electron chi connectivity index (χ0n) is 13.2. The molecule has 0 atom stereocenters. The third kappa shape index (κ3) is 3.24. The fraction of sp³-hybridized carbons (Fsp3) is 0.643. The van der Waals surface area contributed by atoms with Crippen LogP contribution in [-0.2, 0) is 0 Å². The van der Waals surface area contributed by atoms with Crippen molar-refractivity contribution in [3.63, 3.8) is 0 Å². The Morgan fingerprint density at radius 1 is 1.29 bits per heavy atom. The number of nitrogen functional groups attached to an aromatic ring is 1. The number of hydrogen-bond acceptors (Lipinski definition) is 6. The molecule has 1 aromatic heterocycles. The molecular weight excluding hydrogens is 288 g/mol. The summed E-state index contributed by atoms with van der Waals surface area (Å²) in [5, 5.41) is 0.968. The molecule has 1 fully saturated rings. The van der Waals surface area contributed by atoms with Gasteiger partial charge in [0.2, 0.25) is 0 Å². The molecule has 0 radical (unpaired) electrons. The highest BCUT2D eigenvalue weighted by atomic mass is 32.1. The Hall–Kier alpha value is -1.47. The molecule has 2 N–H and O–H groups in total. The van der Waals surface area contributed by atoms with Crippen molar-refractivity contribution in [1.29, 1.82) is 0 Å². The van der Waals surface area contributed by atoms with E-state index in [1.54, 1.807) is 26.1 Å². The summed E-state index contributed by atoms with van der Waals surface area (Å²) in [7, 11) is 7.20. The van der Waals surface area contributed by atoms with Crippen molar-refractivity contribution in [2.45, 2.75) is 6.42 Å². The third-order valence-electron chi connectivity index (χ3n) is 3.69. The van der Waals surface area contributed by atoms with Gasteiger partial charge in [-0.05, 0) is 20.0 Å². The third-order valence-corrected chi connectivity index (χ3v) is 4.93. The summed E-state index contributed by atoms with van der Waals surface area (Å²) in [4.78, 5) is 18.9. The van der Waals surface area contributed by atoms with Gasteiger partial charge < -0.3 is 25.2 Å². The predicted octanol–water partition coefficient (Wildman–Crippen LogP) is 1.18. The molecule has 1 amide bonds. The van der Waals surface area contributed by atoms with E-state index in [1.165, 1.54) is 11.3 Å². The average Bonchev–Trinajstić information content (AvgIpc) is 2.62.